The van der Waals surface area contributed by atoms with Gasteiger partial charge in [-0.1, -0.05) is 25.1 Å². The topological polar surface area (TPSA) is 58.5 Å². The summed E-state index contributed by atoms with van der Waals surface area (Å²) in [4.78, 5) is 0. The normalized spacial score (nSPS) is 12.5. The second kappa shape index (κ2) is 6.58. The lowest BCUT2D eigenvalue weighted by Gasteiger charge is -2.17. The third kappa shape index (κ3) is 3.09. The molecule has 5 nitrogen and oxygen atoms in total. The van der Waals surface area contributed by atoms with Gasteiger partial charge in [-0.3, -0.25) is 5.10 Å². The number of H-pyrrole nitrogens is 1. The predicted molar refractivity (Wildman–Crippen MR) is 86.8 cm³/mol. The Bertz CT molecular complexity index is 714. The quantitative estimate of drug-likeness (QED) is 0.735. The van der Waals surface area contributed by atoms with Crippen LogP contribution in [0.2, 0.25) is 0 Å². The summed E-state index contributed by atoms with van der Waals surface area (Å²) in [6.07, 6.45) is 4.72. The van der Waals surface area contributed by atoms with Crippen LogP contribution in [0, 0.1) is 0 Å². The molecule has 0 bridgehead atoms. The van der Waals surface area contributed by atoms with Crippen LogP contribution in [0.3, 0.4) is 0 Å². The number of hydrogen-bond acceptors (Lipinski definition) is 3. The van der Waals surface area contributed by atoms with Crippen molar-refractivity contribution < 1.29 is 0 Å². The minimum absolute atomic E-state index is 0.216. The van der Waals surface area contributed by atoms with Crippen molar-refractivity contribution in [1.29, 1.82) is 0 Å². The molecule has 2 aromatic heterocycles. The van der Waals surface area contributed by atoms with Gasteiger partial charge in [0.05, 0.1) is 11.4 Å². The molecule has 0 aliphatic heterocycles. The van der Waals surface area contributed by atoms with Crippen molar-refractivity contribution in [3.63, 3.8) is 0 Å². The van der Waals surface area contributed by atoms with Gasteiger partial charge >= 0.3 is 0 Å². The molecule has 1 unspecified atom stereocenters. The van der Waals surface area contributed by atoms with E-state index in [2.05, 4.69) is 58.7 Å². The van der Waals surface area contributed by atoms with Gasteiger partial charge in [-0.05, 0) is 37.1 Å². The van der Waals surface area contributed by atoms with Crippen LogP contribution in [0.15, 0.2) is 48.8 Å². The molecular formula is C17H21N5. The molecule has 1 aromatic carbocycles. The number of para-hydroxylation sites is 1. The van der Waals surface area contributed by atoms with Gasteiger partial charge in [-0.2, -0.15) is 10.2 Å². The maximum atomic E-state index is 4.33. The second-order valence-corrected chi connectivity index (χ2v) is 5.35. The van der Waals surface area contributed by atoms with Crippen molar-refractivity contribution in [3.05, 3.63) is 65.7 Å². The van der Waals surface area contributed by atoms with Gasteiger partial charge < -0.3 is 5.32 Å². The zero-order chi connectivity index (χ0) is 15.4. The summed E-state index contributed by atoms with van der Waals surface area (Å²) < 4.78 is 1.90. The summed E-state index contributed by atoms with van der Waals surface area (Å²) in [6, 6.07) is 12.6. The molecule has 0 aliphatic rings. The zero-order valence-electron chi connectivity index (χ0n) is 13.0. The average molecular weight is 295 g/mol. The molecule has 0 saturated heterocycles. The predicted octanol–water partition coefficient (Wildman–Crippen LogP) is 3.01. The molecule has 0 spiro atoms. The SMILES string of the molecule is CCc1cc(CNC(C)c2ccccc2-n2cccn2)[nH]n1. The van der Waals surface area contributed by atoms with Crippen LogP contribution < -0.4 is 5.32 Å². The lowest BCUT2D eigenvalue weighted by Crippen LogP contribution is -2.20. The van der Waals surface area contributed by atoms with E-state index in [0.29, 0.717) is 0 Å². The molecule has 3 rings (SSSR count). The average Bonchev–Trinajstić information content (AvgIpc) is 3.24. The molecule has 114 valence electrons. The summed E-state index contributed by atoms with van der Waals surface area (Å²) in [7, 11) is 0. The van der Waals surface area contributed by atoms with E-state index in [1.807, 2.05) is 23.0 Å². The zero-order valence-corrected chi connectivity index (χ0v) is 13.0. The van der Waals surface area contributed by atoms with Gasteiger partial charge in [-0.15, -0.1) is 0 Å². The van der Waals surface area contributed by atoms with E-state index in [-0.39, 0.29) is 6.04 Å². The third-order valence-corrected chi connectivity index (χ3v) is 3.80. The van der Waals surface area contributed by atoms with Crippen LogP contribution in [-0.4, -0.2) is 20.0 Å². The Labute approximate surface area is 130 Å². The van der Waals surface area contributed by atoms with E-state index >= 15 is 0 Å². The standard InChI is InChI=1S/C17H21N5/c1-3-14-11-15(21-20-14)12-18-13(2)16-7-4-5-8-17(16)22-10-6-9-19-22/h4-11,13,18H,3,12H2,1-2H3,(H,20,21). The first kappa shape index (κ1) is 14.5. The van der Waals surface area contributed by atoms with Gasteiger partial charge in [0.2, 0.25) is 0 Å². The molecular weight excluding hydrogens is 274 g/mol. The highest BCUT2D eigenvalue weighted by molar-refractivity contribution is 5.42. The van der Waals surface area contributed by atoms with Crippen molar-refractivity contribution in [2.45, 2.75) is 32.9 Å². The van der Waals surface area contributed by atoms with Crippen LogP contribution in [0.5, 0.6) is 0 Å². The molecule has 5 heteroatoms. The minimum atomic E-state index is 0.216. The molecule has 0 amide bonds. The molecule has 0 saturated carbocycles. The van der Waals surface area contributed by atoms with Crippen LogP contribution in [0.25, 0.3) is 5.69 Å². The molecule has 2 heterocycles. The molecule has 2 N–H and O–H groups in total. The van der Waals surface area contributed by atoms with Gasteiger partial charge in [0.25, 0.3) is 0 Å². The van der Waals surface area contributed by atoms with E-state index in [1.54, 1.807) is 6.20 Å². The number of aromatic nitrogens is 4. The molecule has 3 aromatic rings. The fourth-order valence-electron chi connectivity index (χ4n) is 2.53. The first-order valence-electron chi connectivity index (χ1n) is 7.63. The highest BCUT2D eigenvalue weighted by Gasteiger charge is 2.11. The number of hydrogen-bond donors (Lipinski definition) is 2. The van der Waals surface area contributed by atoms with Crippen molar-refractivity contribution in [1.82, 2.24) is 25.3 Å². The van der Waals surface area contributed by atoms with Gasteiger partial charge in [0.15, 0.2) is 0 Å². The summed E-state index contributed by atoms with van der Waals surface area (Å²) in [6.45, 7) is 5.04. The van der Waals surface area contributed by atoms with Crippen molar-refractivity contribution in [3.8, 4) is 5.69 Å². The van der Waals surface area contributed by atoms with E-state index in [1.165, 1.54) is 5.56 Å². The van der Waals surface area contributed by atoms with E-state index in [0.717, 1.165) is 30.0 Å². The maximum absolute atomic E-state index is 4.33. The molecule has 0 fully saturated rings. The molecule has 1 atom stereocenters. The Balaban J connectivity index is 1.73. The van der Waals surface area contributed by atoms with Gasteiger partial charge in [0, 0.05) is 30.7 Å². The third-order valence-electron chi connectivity index (χ3n) is 3.80. The minimum Gasteiger partial charge on any atom is -0.305 e. The smallest absolute Gasteiger partial charge is 0.0693 e. The summed E-state index contributed by atoms with van der Waals surface area (Å²) in [5.74, 6) is 0. The molecule has 22 heavy (non-hydrogen) atoms. The van der Waals surface area contributed by atoms with Gasteiger partial charge in [0.1, 0.15) is 0 Å². The summed E-state index contributed by atoms with van der Waals surface area (Å²) >= 11 is 0. The lowest BCUT2D eigenvalue weighted by molar-refractivity contribution is 0.563. The molecule has 0 radical (unpaired) electrons. The number of nitrogens with zero attached hydrogens (tertiary/aromatic N) is 3. The van der Waals surface area contributed by atoms with E-state index in [4.69, 9.17) is 0 Å². The fourth-order valence-corrected chi connectivity index (χ4v) is 2.53. The highest BCUT2D eigenvalue weighted by atomic mass is 15.3. The highest BCUT2D eigenvalue weighted by Crippen LogP contribution is 2.21. The number of aryl methyl sites for hydroxylation is 1. The van der Waals surface area contributed by atoms with Crippen LogP contribution >= 0.6 is 0 Å². The fraction of sp³-hybridized carbons (Fsp3) is 0.294. The molecule has 0 aliphatic carbocycles. The summed E-state index contributed by atoms with van der Waals surface area (Å²) in [5, 5.41) is 15.2. The van der Waals surface area contributed by atoms with Crippen molar-refractivity contribution in [2.24, 2.45) is 0 Å². The number of nitrogens with one attached hydrogen (secondary N) is 2. The van der Waals surface area contributed by atoms with E-state index in [9.17, 15) is 0 Å². The van der Waals surface area contributed by atoms with Crippen LogP contribution in [0.4, 0.5) is 0 Å². The maximum Gasteiger partial charge on any atom is 0.0693 e. The lowest BCUT2D eigenvalue weighted by atomic mass is 10.1. The number of benzene rings is 1. The Hall–Kier alpha value is -2.40. The number of rotatable bonds is 6. The first-order valence-corrected chi connectivity index (χ1v) is 7.63. The number of aromatic amines is 1. The second-order valence-electron chi connectivity index (χ2n) is 5.35. The van der Waals surface area contributed by atoms with E-state index < -0.39 is 0 Å². The Morgan fingerprint density at radius 2 is 2.14 bits per heavy atom. The van der Waals surface area contributed by atoms with Gasteiger partial charge in [-0.25, -0.2) is 4.68 Å². The van der Waals surface area contributed by atoms with Crippen molar-refractivity contribution >= 4 is 0 Å². The van der Waals surface area contributed by atoms with Crippen molar-refractivity contribution in [2.75, 3.05) is 0 Å². The van der Waals surface area contributed by atoms with Crippen LogP contribution in [-0.2, 0) is 13.0 Å². The van der Waals surface area contributed by atoms with Crippen LogP contribution in [0.1, 0.15) is 36.8 Å². The first-order chi connectivity index (χ1) is 10.8. The Kier molecular flexibility index (Phi) is 4.34. The largest absolute Gasteiger partial charge is 0.305 e. The Morgan fingerprint density at radius 1 is 1.27 bits per heavy atom. The Morgan fingerprint density at radius 3 is 2.86 bits per heavy atom. The monoisotopic (exact) mass is 295 g/mol. The summed E-state index contributed by atoms with van der Waals surface area (Å²) in [5.41, 5.74) is 4.54.